The van der Waals surface area contributed by atoms with E-state index in [0.29, 0.717) is 0 Å². The molecule has 1 saturated heterocycles. The highest BCUT2D eigenvalue weighted by Crippen LogP contribution is 2.41. The Hall–Kier alpha value is -0.0400. The number of fused-ring (bicyclic) bond motifs is 1. The summed E-state index contributed by atoms with van der Waals surface area (Å²) in [4.78, 5) is 0. The molecule has 0 aromatic heterocycles. The van der Waals surface area contributed by atoms with E-state index in [-0.39, 0.29) is 0 Å². The van der Waals surface area contributed by atoms with Crippen LogP contribution in [0.15, 0.2) is 0 Å². The zero-order valence-electron chi connectivity index (χ0n) is 9.22. The summed E-state index contributed by atoms with van der Waals surface area (Å²) in [6.07, 6.45) is 4.28. The lowest BCUT2D eigenvalue weighted by Gasteiger charge is -2.46. The van der Waals surface area contributed by atoms with Crippen molar-refractivity contribution >= 4 is 0 Å². The summed E-state index contributed by atoms with van der Waals surface area (Å²) in [6.45, 7) is 8.59. The third kappa shape index (κ3) is 1.63. The molecule has 13 heavy (non-hydrogen) atoms. The van der Waals surface area contributed by atoms with Gasteiger partial charge in [-0.05, 0) is 49.5 Å². The number of rotatable bonds is 0. The van der Waals surface area contributed by atoms with Crippen LogP contribution in [-0.4, -0.2) is 12.6 Å². The van der Waals surface area contributed by atoms with Crippen LogP contribution in [0, 0.1) is 23.7 Å². The van der Waals surface area contributed by atoms with Crippen molar-refractivity contribution in [2.75, 3.05) is 6.54 Å². The maximum Gasteiger partial charge on any atom is 0.0101 e. The van der Waals surface area contributed by atoms with E-state index in [0.717, 1.165) is 29.7 Å². The summed E-state index contributed by atoms with van der Waals surface area (Å²) in [5, 5.41) is 3.70. The van der Waals surface area contributed by atoms with Crippen LogP contribution in [-0.2, 0) is 0 Å². The summed E-state index contributed by atoms with van der Waals surface area (Å²) in [5.41, 5.74) is 0. The van der Waals surface area contributed by atoms with Crippen molar-refractivity contribution in [1.82, 2.24) is 5.32 Å². The van der Waals surface area contributed by atoms with Gasteiger partial charge in [0.1, 0.15) is 0 Å². The van der Waals surface area contributed by atoms with Crippen molar-refractivity contribution in [2.24, 2.45) is 23.7 Å². The summed E-state index contributed by atoms with van der Waals surface area (Å²) in [7, 11) is 0. The van der Waals surface area contributed by atoms with Crippen molar-refractivity contribution < 1.29 is 0 Å². The Kier molecular flexibility index (Phi) is 2.64. The third-order valence-electron chi connectivity index (χ3n) is 4.67. The normalized spacial score (nSPS) is 51.5. The molecule has 1 aliphatic heterocycles. The minimum absolute atomic E-state index is 0.843. The quantitative estimate of drug-likeness (QED) is 0.606. The van der Waals surface area contributed by atoms with Gasteiger partial charge < -0.3 is 5.32 Å². The second kappa shape index (κ2) is 3.61. The Labute approximate surface area is 82.3 Å². The second-order valence-electron chi connectivity index (χ2n) is 5.30. The van der Waals surface area contributed by atoms with Crippen molar-refractivity contribution in [1.29, 1.82) is 0 Å². The zero-order chi connectivity index (χ0) is 9.42. The van der Waals surface area contributed by atoms with Crippen LogP contribution < -0.4 is 5.32 Å². The fourth-order valence-corrected chi connectivity index (χ4v) is 3.39. The Morgan fingerprint density at radius 3 is 2.62 bits per heavy atom. The van der Waals surface area contributed by atoms with Crippen molar-refractivity contribution in [3.05, 3.63) is 0 Å². The number of hydrogen-bond acceptors (Lipinski definition) is 1. The van der Waals surface area contributed by atoms with Crippen LogP contribution in [0.5, 0.6) is 0 Å². The van der Waals surface area contributed by atoms with Gasteiger partial charge >= 0.3 is 0 Å². The van der Waals surface area contributed by atoms with Crippen LogP contribution in [0.3, 0.4) is 0 Å². The van der Waals surface area contributed by atoms with Crippen molar-refractivity contribution in [3.63, 3.8) is 0 Å². The van der Waals surface area contributed by atoms with E-state index in [9.17, 15) is 0 Å². The molecule has 1 aliphatic carbocycles. The van der Waals surface area contributed by atoms with E-state index in [1.54, 1.807) is 0 Å². The topological polar surface area (TPSA) is 12.0 Å². The van der Waals surface area contributed by atoms with Gasteiger partial charge in [0.05, 0.1) is 0 Å². The molecule has 2 aliphatic rings. The van der Waals surface area contributed by atoms with Crippen molar-refractivity contribution in [3.8, 4) is 0 Å². The maximum absolute atomic E-state index is 3.70. The molecule has 1 N–H and O–H groups in total. The highest BCUT2D eigenvalue weighted by Gasteiger charge is 2.39. The fraction of sp³-hybridized carbons (Fsp3) is 1.00. The van der Waals surface area contributed by atoms with Gasteiger partial charge in [-0.3, -0.25) is 0 Å². The monoisotopic (exact) mass is 181 g/mol. The van der Waals surface area contributed by atoms with E-state index >= 15 is 0 Å². The lowest BCUT2D eigenvalue weighted by molar-refractivity contribution is 0.0636. The van der Waals surface area contributed by atoms with Gasteiger partial charge in [-0.2, -0.15) is 0 Å². The van der Waals surface area contributed by atoms with Gasteiger partial charge in [-0.25, -0.2) is 0 Å². The molecule has 1 heteroatoms. The first-order chi connectivity index (χ1) is 6.20. The highest BCUT2D eigenvalue weighted by molar-refractivity contribution is 4.92. The van der Waals surface area contributed by atoms with Crippen LogP contribution in [0.1, 0.15) is 40.0 Å². The average molecular weight is 181 g/mol. The number of nitrogens with one attached hydrogen (secondary N) is 1. The second-order valence-corrected chi connectivity index (χ2v) is 5.30. The Morgan fingerprint density at radius 2 is 1.85 bits per heavy atom. The molecule has 1 heterocycles. The van der Waals surface area contributed by atoms with Crippen LogP contribution in [0.4, 0.5) is 0 Å². The fourth-order valence-electron chi connectivity index (χ4n) is 3.39. The molecular formula is C12H23N. The molecule has 5 atom stereocenters. The van der Waals surface area contributed by atoms with Gasteiger partial charge in [-0.1, -0.05) is 20.8 Å². The summed E-state index contributed by atoms with van der Waals surface area (Å²) in [6, 6.07) is 0.843. The lowest BCUT2D eigenvalue weighted by Crippen LogP contribution is -2.50. The maximum atomic E-state index is 3.70. The van der Waals surface area contributed by atoms with Gasteiger partial charge in [0, 0.05) is 6.04 Å². The Morgan fingerprint density at radius 1 is 1.08 bits per heavy atom. The highest BCUT2D eigenvalue weighted by atomic mass is 14.9. The predicted molar refractivity (Wildman–Crippen MR) is 56.6 cm³/mol. The summed E-state index contributed by atoms with van der Waals surface area (Å²) >= 11 is 0. The molecule has 0 amide bonds. The largest absolute Gasteiger partial charge is 0.314 e. The molecule has 0 aromatic rings. The molecular weight excluding hydrogens is 158 g/mol. The summed E-state index contributed by atoms with van der Waals surface area (Å²) < 4.78 is 0. The first-order valence-corrected chi connectivity index (χ1v) is 5.93. The predicted octanol–water partition coefficient (Wildman–Crippen LogP) is 2.67. The SMILES string of the molecule is CC1CC2NCCCC2C(C)C1C. The van der Waals surface area contributed by atoms with E-state index in [4.69, 9.17) is 0 Å². The minimum Gasteiger partial charge on any atom is -0.314 e. The molecule has 0 aromatic carbocycles. The Balaban J connectivity index is 2.08. The number of hydrogen-bond donors (Lipinski definition) is 1. The molecule has 1 nitrogen and oxygen atoms in total. The first-order valence-electron chi connectivity index (χ1n) is 5.93. The standard InChI is InChI=1S/C12H23N/c1-8-7-12-11(5-4-6-13-12)10(3)9(8)2/h8-13H,4-7H2,1-3H3. The van der Waals surface area contributed by atoms with E-state index in [2.05, 4.69) is 26.1 Å². The van der Waals surface area contributed by atoms with E-state index in [1.807, 2.05) is 0 Å². The number of piperidine rings is 1. The molecule has 0 radical (unpaired) electrons. The smallest absolute Gasteiger partial charge is 0.0101 e. The van der Waals surface area contributed by atoms with Crippen LogP contribution in [0.25, 0.3) is 0 Å². The van der Waals surface area contributed by atoms with Gasteiger partial charge in [-0.15, -0.1) is 0 Å². The lowest BCUT2D eigenvalue weighted by atomic mass is 9.64. The van der Waals surface area contributed by atoms with Gasteiger partial charge in [0.2, 0.25) is 0 Å². The molecule has 0 spiro atoms. The third-order valence-corrected chi connectivity index (χ3v) is 4.67. The van der Waals surface area contributed by atoms with Gasteiger partial charge in [0.15, 0.2) is 0 Å². The van der Waals surface area contributed by atoms with Crippen LogP contribution >= 0.6 is 0 Å². The zero-order valence-corrected chi connectivity index (χ0v) is 9.22. The first kappa shape index (κ1) is 9.51. The molecule has 5 unspecified atom stereocenters. The van der Waals surface area contributed by atoms with E-state index < -0.39 is 0 Å². The molecule has 1 saturated carbocycles. The minimum atomic E-state index is 0.843. The van der Waals surface area contributed by atoms with Crippen LogP contribution in [0.2, 0.25) is 0 Å². The molecule has 2 fully saturated rings. The van der Waals surface area contributed by atoms with Crippen molar-refractivity contribution in [2.45, 2.75) is 46.1 Å². The molecule has 0 bridgehead atoms. The Bertz CT molecular complexity index is 176. The summed E-state index contributed by atoms with van der Waals surface area (Å²) in [5.74, 6) is 3.75. The molecule has 76 valence electrons. The van der Waals surface area contributed by atoms with E-state index in [1.165, 1.54) is 25.8 Å². The molecule has 2 rings (SSSR count). The average Bonchev–Trinajstić information content (AvgIpc) is 2.15. The van der Waals surface area contributed by atoms with Gasteiger partial charge in [0.25, 0.3) is 0 Å².